The Balaban J connectivity index is 1.23. The second kappa shape index (κ2) is 11.4. The van der Waals surface area contributed by atoms with Gasteiger partial charge in [0.05, 0.1) is 6.61 Å². The standard InChI is InChI=1S/C42H40O3/c1-6-42(4,5)29-19-15-27(16-20-29)41(43)28-17-21-30(22-18-28)45-36-24-23-35(44-25-26(2)3)39-37-31-11-7-9-13-33(31)38(40(36)39)34-14-10-8-12-32(34)37/h7-24,26,37-38H,6,25H2,1-5H3. The van der Waals surface area contributed by atoms with Crippen molar-refractivity contribution in [1.29, 1.82) is 0 Å². The molecule has 0 N–H and O–H groups in total. The minimum Gasteiger partial charge on any atom is -0.493 e. The molecule has 0 heterocycles. The maximum absolute atomic E-state index is 13.4. The Morgan fingerprint density at radius 1 is 0.667 bits per heavy atom. The molecule has 0 spiro atoms. The Kier molecular flexibility index (Phi) is 7.36. The number of carbonyl (C=O) groups excluding carboxylic acids is 1. The summed E-state index contributed by atoms with van der Waals surface area (Å²) in [5.74, 6) is 3.02. The monoisotopic (exact) mass is 592 g/mol. The minimum atomic E-state index is 0.0111. The van der Waals surface area contributed by atoms with Crippen LogP contribution in [0.5, 0.6) is 17.2 Å². The van der Waals surface area contributed by atoms with Gasteiger partial charge in [0.2, 0.25) is 0 Å². The van der Waals surface area contributed by atoms with Crippen LogP contribution in [0, 0.1) is 5.92 Å². The van der Waals surface area contributed by atoms with E-state index in [1.807, 2.05) is 36.4 Å². The van der Waals surface area contributed by atoms with Crippen LogP contribution in [0.1, 0.15) is 108 Å². The van der Waals surface area contributed by atoms with Gasteiger partial charge in [0.25, 0.3) is 0 Å². The fourth-order valence-electron chi connectivity index (χ4n) is 6.94. The Labute approximate surface area is 266 Å². The van der Waals surface area contributed by atoms with Crippen molar-refractivity contribution in [2.45, 2.75) is 58.3 Å². The van der Waals surface area contributed by atoms with E-state index in [0.717, 1.165) is 17.9 Å². The molecule has 0 atom stereocenters. The highest BCUT2D eigenvalue weighted by molar-refractivity contribution is 6.09. The number of rotatable bonds is 9. The zero-order valence-electron chi connectivity index (χ0n) is 26.8. The smallest absolute Gasteiger partial charge is 0.193 e. The Bertz CT molecular complexity index is 1830. The molecule has 0 saturated heterocycles. The maximum atomic E-state index is 13.4. The van der Waals surface area contributed by atoms with Gasteiger partial charge < -0.3 is 9.47 Å². The molecule has 226 valence electrons. The predicted octanol–water partition coefficient (Wildman–Crippen LogP) is 10.4. The fraction of sp³-hybridized carbons (Fsp3) is 0.262. The predicted molar refractivity (Wildman–Crippen MR) is 181 cm³/mol. The van der Waals surface area contributed by atoms with Gasteiger partial charge in [-0.25, -0.2) is 0 Å². The van der Waals surface area contributed by atoms with Gasteiger partial charge in [-0.2, -0.15) is 0 Å². The van der Waals surface area contributed by atoms with E-state index in [0.29, 0.717) is 29.4 Å². The highest BCUT2D eigenvalue weighted by atomic mass is 16.5. The van der Waals surface area contributed by atoms with Crippen LogP contribution in [0.4, 0.5) is 0 Å². The third kappa shape index (κ3) is 5.05. The molecule has 2 bridgehead atoms. The van der Waals surface area contributed by atoms with Crippen molar-refractivity contribution in [3.8, 4) is 17.2 Å². The number of carbonyl (C=O) groups is 1. The average Bonchev–Trinajstić information content (AvgIpc) is 3.07. The third-order valence-corrected chi connectivity index (χ3v) is 9.75. The van der Waals surface area contributed by atoms with E-state index in [1.165, 1.54) is 38.9 Å². The number of ether oxygens (including phenoxy) is 2. The van der Waals surface area contributed by atoms with E-state index in [1.54, 1.807) is 0 Å². The Morgan fingerprint density at radius 2 is 1.13 bits per heavy atom. The van der Waals surface area contributed by atoms with Gasteiger partial charge in [0, 0.05) is 34.1 Å². The number of hydrogen-bond acceptors (Lipinski definition) is 3. The molecule has 3 nitrogen and oxygen atoms in total. The van der Waals surface area contributed by atoms with E-state index in [2.05, 4.69) is 107 Å². The summed E-state index contributed by atoms with van der Waals surface area (Å²) >= 11 is 0. The van der Waals surface area contributed by atoms with Crippen LogP contribution in [-0.2, 0) is 5.41 Å². The largest absolute Gasteiger partial charge is 0.493 e. The summed E-state index contributed by atoms with van der Waals surface area (Å²) in [5.41, 5.74) is 10.4. The second-order valence-electron chi connectivity index (χ2n) is 13.5. The van der Waals surface area contributed by atoms with E-state index >= 15 is 0 Å². The topological polar surface area (TPSA) is 35.5 Å². The first-order valence-electron chi connectivity index (χ1n) is 16.2. The molecule has 0 unspecified atom stereocenters. The summed E-state index contributed by atoms with van der Waals surface area (Å²) < 4.78 is 13.2. The second-order valence-corrected chi connectivity index (χ2v) is 13.5. The fourth-order valence-corrected chi connectivity index (χ4v) is 6.94. The van der Waals surface area contributed by atoms with Crippen molar-refractivity contribution in [1.82, 2.24) is 0 Å². The third-order valence-electron chi connectivity index (χ3n) is 9.75. The zero-order valence-corrected chi connectivity index (χ0v) is 26.8. The lowest BCUT2D eigenvalue weighted by molar-refractivity contribution is 0.103. The zero-order chi connectivity index (χ0) is 31.3. The molecule has 5 aromatic carbocycles. The van der Waals surface area contributed by atoms with Crippen molar-refractivity contribution >= 4 is 5.78 Å². The quantitative estimate of drug-likeness (QED) is 0.156. The van der Waals surface area contributed by atoms with E-state index in [9.17, 15) is 4.79 Å². The van der Waals surface area contributed by atoms with Crippen molar-refractivity contribution in [2.24, 2.45) is 5.92 Å². The van der Waals surface area contributed by atoms with Gasteiger partial charge in [-0.15, -0.1) is 0 Å². The van der Waals surface area contributed by atoms with E-state index < -0.39 is 0 Å². The maximum Gasteiger partial charge on any atom is 0.193 e. The van der Waals surface area contributed by atoms with Crippen LogP contribution < -0.4 is 9.47 Å². The van der Waals surface area contributed by atoms with Gasteiger partial charge in [-0.05, 0) is 82.0 Å². The van der Waals surface area contributed by atoms with Gasteiger partial charge in [-0.3, -0.25) is 4.79 Å². The van der Waals surface area contributed by atoms with Gasteiger partial charge >= 0.3 is 0 Å². The first-order valence-corrected chi connectivity index (χ1v) is 16.2. The summed E-state index contributed by atoms with van der Waals surface area (Å²) in [7, 11) is 0. The van der Waals surface area contributed by atoms with E-state index in [4.69, 9.17) is 9.47 Å². The van der Waals surface area contributed by atoms with Crippen molar-refractivity contribution in [3.05, 3.63) is 159 Å². The Morgan fingerprint density at radius 3 is 1.62 bits per heavy atom. The van der Waals surface area contributed by atoms with Gasteiger partial charge in [0.1, 0.15) is 17.2 Å². The molecule has 3 heteroatoms. The molecule has 3 aliphatic rings. The van der Waals surface area contributed by atoms with Gasteiger partial charge in [0.15, 0.2) is 5.78 Å². The summed E-state index contributed by atoms with van der Waals surface area (Å²) in [4.78, 5) is 13.4. The lowest BCUT2D eigenvalue weighted by atomic mass is 9.60. The number of benzene rings is 5. The van der Waals surface area contributed by atoms with Crippen LogP contribution in [0.3, 0.4) is 0 Å². The molecule has 0 radical (unpaired) electrons. The highest BCUT2D eigenvalue weighted by Crippen LogP contribution is 2.60. The molecule has 0 fully saturated rings. The lowest BCUT2D eigenvalue weighted by Gasteiger charge is -2.43. The van der Waals surface area contributed by atoms with Crippen molar-refractivity contribution in [3.63, 3.8) is 0 Å². The van der Waals surface area contributed by atoms with Crippen LogP contribution in [0.2, 0.25) is 0 Å². The molecule has 3 aliphatic carbocycles. The molecule has 5 aromatic rings. The number of ketones is 1. The minimum absolute atomic E-state index is 0.0111. The summed E-state index contributed by atoms with van der Waals surface area (Å²) in [6, 6.07) is 37.3. The van der Waals surface area contributed by atoms with Crippen molar-refractivity contribution in [2.75, 3.05) is 6.61 Å². The molecule has 45 heavy (non-hydrogen) atoms. The first kappa shape index (κ1) is 29.1. The highest BCUT2D eigenvalue weighted by Gasteiger charge is 2.44. The molecule has 0 amide bonds. The van der Waals surface area contributed by atoms with E-state index in [-0.39, 0.29) is 23.0 Å². The van der Waals surface area contributed by atoms with Crippen LogP contribution in [0.15, 0.2) is 109 Å². The molecular weight excluding hydrogens is 552 g/mol. The van der Waals surface area contributed by atoms with Crippen LogP contribution >= 0.6 is 0 Å². The summed E-state index contributed by atoms with van der Waals surface area (Å²) in [6.45, 7) is 11.7. The average molecular weight is 593 g/mol. The SMILES string of the molecule is CCC(C)(C)c1ccc(C(=O)c2ccc(Oc3ccc(OCC(C)C)c4c3C3c5ccccc5C4c4ccccc43)cc2)cc1. The normalized spacial score (nSPS) is 16.1. The molecule has 8 rings (SSSR count). The molecule has 0 saturated carbocycles. The van der Waals surface area contributed by atoms with Crippen molar-refractivity contribution < 1.29 is 14.3 Å². The molecular formula is C42H40O3. The summed E-state index contributed by atoms with van der Waals surface area (Å²) in [6.07, 6.45) is 1.04. The lowest BCUT2D eigenvalue weighted by Crippen LogP contribution is -2.28. The van der Waals surface area contributed by atoms with Crippen LogP contribution in [0.25, 0.3) is 0 Å². The first-order chi connectivity index (χ1) is 21.8. The van der Waals surface area contributed by atoms with Crippen LogP contribution in [-0.4, -0.2) is 12.4 Å². The van der Waals surface area contributed by atoms with Gasteiger partial charge in [-0.1, -0.05) is 107 Å². The molecule has 0 aliphatic heterocycles. The molecule has 0 aromatic heterocycles. The number of hydrogen-bond donors (Lipinski definition) is 0. The Hall–Kier alpha value is -4.63. The summed E-state index contributed by atoms with van der Waals surface area (Å²) in [5, 5.41) is 0.